The minimum atomic E-state index is -0.105. The maximum absolute atomic E-state index is 12.1. The van der Waals surface area contributed by atoms with Crippen LogP contribution in [0.15, 0.2) is 16.8 Å². The molecular weight excluding hydrogens is 320 g/mol. The molecule has 0 bridgehead atoms. The van der Waals surface area contributed by atoms with E-state index >= 15 is 0 Å². The maximum Gasteiger partial charge on any atom is 0.252 e. The topological polar surface area (TPSA) is 58.2 Å². The molecule has 1 aromatic heterocycles. The first kappa shape index (κ1) is 19.0. The van der Waals surface area contributed by atoms with Crippen molar-refractivity contribution in [2.24, 2.45) is 11.3 Å². The highest BCUT2D eigenvalue weighted by Crippen LogP contribution is 2.40. The van der Waals surface area contributed by atoms with Gasteiger partial charge in [0.2, 0.25) is 5.91 Å². The van der Waals surface area contributed by atoms with Crippen molar-refractivity contribution in [1.82, 2.24) is 10.6 Å². The van der Waals surface area contributed by atoms with Crippen LogP contribution in [0.25, 0.3) is 0 Å². The van der Waals surface area contributed by atoms with E-state index in [2.05, 4.69) is 31.4 Å². The van der Waals surface area contributed by atoms with Crippen molar-refractivity contribution in [2.45, 2.75) is 65.3 Å². The smallest absolute Gasteiger partial charge is 0.252 e. The highest BCUT2D eigenvalue weighted by atomic mass is 32.1. The summed E-state index contributed by atoms with van der Waals surface area (Å²) in [5, 5.41) is 9.61. The predicted octanol–water partition coefficient (Wildman–Crippen LogP) is 3.98. The first-order valence-electron chi connectivity index (χ1n) is 9.02. The second-order valence-electron chi connectivity index (χ2n) is 7.48. The van der Waals surface area contributed by atoms with Crippen molar-refractivity contribution in [3.05, 3.63) is 22.4 Å². The largest absolute Gasteiger partial charge is 0.353 e. The Balaban J connectivity index is 1.64. The molecule has 5 heteroatoms. The van der Waals surface area contributed by atoms with Crippen LogP contribution in [0.4, 0.5) is 0 Å². The molecule has 2 amide bonds. The zero-order chi connectivity index (χ0) is 17.6. The molecule has 0 aliphatic heterocycles. The lowest BCUT2D eigenvalue weighted by molar-refractivity contribution is -0.122. The molecule has 1 saturated carbocycles. The molecule has 4 nitrogen and oxygen atoms in total. The zero-order valence-corrected chi connectivity index (χ0v) is 15.9. The highest BCUT2D eigenvalue weighted by molar-refractivity contribution is 7.08. The van der Waals surface area contributed by atoms with Crippen molar-refractivity contribution in [3.63, 3.8) is 0 Å². The maximum atomic E-state index is 12.1. The van der Waals surface area contributed by atoms with E-state index in [1.807, 2.05) is 10.8 Å². The van der Waals surface area contributed by atoms with E-state index in [0.29, 0.717) is 30.0 Å². The average molecular weight is 351 g/mol. The molecule has 0 unspecified atom stereocenters. The lowest BCUT2D eigenvalue weighted by Crippen LogP contribution is -2.41. The van der Waals surface area contributed by atoms with Crippen LogP contribution in [0.2, 0.25) is 0 Å². The number of nitrogens with one attached hydrogen (secondary N) is 2. The van der Waals surface area contributed by atoms with Crippen molar-refractivity contribution in [1.29, 1.82) is 0 Å². The molecule has 1 aliphatic carbocycles. The van der Waals surface area contributed by atoms with Gasteiger partial charge >= 0.3 is 0 Å². The van der Waals surface area contributed by atoms with Crippen LogP contribution in [0.1, 0.15) is 69.7 Å². The van der Waals surface area contributed by atoms with E-state index in [-0.39, 0.29) is 11.8 Å². The molecular formula is C19H30N2O2S. The molecule has 24 heavy (non-hydrogen) atoms. The fourth-order valence-electron chi connectivity index (χ4n) is 3.39. The van der Waals surface area contributed by atoms with Gasteiger partial charge in [0.1, 0.15) is 0 Å². The summed E-state index contributed by atoms with van der Waals surface area (Å²) < 4.78 is 0. The van der Waals surface area contributed by atoms with Crippen LogP contribution >= 0.6 is 11.3 Å². The Labute approximate surface area is 149 Å². The van der Waals surface area contributed by atoms with Gasteiger partial charge in [-0.2, -0.15) is 11.3 Å². The van der Waals surface area contributed by atoms with E-state index in [4.69, 9.17) is 0 Å². The lowest BCUT2D eigenvalue weighted by Gasteiger charge is -2.39. The van der Waals surface area contributed by atoms with Crippen LogP contribution < -0.4 is 10.6 Å². The van der Waals surface area contributed by atoms with Crippen LogP contribution in [-0.4, -0.2) is 24.4 Å². The van der Waals surface area contributed by atoms with Crippen LogP contribution in [0.3, 0.4) is 0 Å². The van der Waals surface area contributed by atoms with Gasteiger partial charge in [-0.15, -0.1) is 0 Å². The Morgan fingerprint density at radius 2 is 1.96 bits per heavy atom. The third kappa shape index (κ3) is 5.33. The van der Waals surface area contributed by atoms with Gasteiger partial charge in [0.15, 0.2) is 0 Å². The Bertz CT molecular complexity index is 532. The van der Waals surface area contributed by atoms with Crippen molar-refractivity contribution in [2.75, 3.05) is 6.54 Å². The molecule has 0 radical (unpaired) electrons. The molecule has 2 rings (SSSR count). The number of thiophene rings is 1. The van der Waals surface area contributed by atoms with Gasteiger partial charge in [-0.05, 0) is 48.5 Å². The minimum Gasteiger partial charge on any atom is -0.353 e. The number of carbonyl (C=O) groups excluding carboxylic acids is 2. The van der Waals surface area contributed by atoms with Gasteiger partial charge in [-0.3, -0.25) is 9.59 Å². The van der Waals surface area contributed by atoms with E-state index < -0.39 is 0 Å². The average Bonchev–Trinajstić information content (AvgIpc) is 3.10. The first-order chi connectivity index (χ1) is 11.4. The van der Waals surface area contributed by atoms with Crippen molar-refractivity contribution < 1.29 is 9.59 Å². The number of carbonyl (C=O) groups is 2. The van der Waals surface area contributed by atoms with Crippen molar-refractivity contribution in [3.8, 4) is 0 Å². The van der Waals surface area contributed by atoms with Gasteiger partial charge in [0.05, 0.1) is 0 Å². The Hall–Kier alpha value is -1.36. The zero-order valence-electron chi connectivity index (χ0n) is 15.1. The van der Waals surface area contributed by atoms with Gasteiger partial charge in [0, 0.05) is 30.0 Å². The number of hydrogen-bond acceptors (Lipinski definition) is 3. The SMILES string of the molecule is CCC(C)(C)C1CCC(NC(=O)CCNC(=O)c2ccsc2)CC1. The van der Waals surface area contributed by atoms with E-state index in [1.165, 1.54) is 30.6 Å². The summed E-state index contributed by atoms with van der Waals surface area (Å²) in [6, 6.07) is 2.09. The van der Waals surface area contributed by atoms with E-state index in [9.17, 15) is 9.59 Å². The molecule has 1 aromatic rings. The standard InChI is InChI=1S/C19H30N2O2S/c1-4-19(2,3)15-5-7-16(8-6-15)21-17(22)9-11-20-18(23)14-10-12-24-13-14/h10,12-13,15-16H,4-9,11H2,1-3H3,(H,20,23)(H,21,22). The van der Waals surface area contributed by atoms with Gasteiger partial charge in [0.25, 0.3) is 5.91 Å². The summed E-state index contributed by atoms with van der Waals surface area (Å²) in [5.74, 6) is 0.700. The van der Waals surface area contributed by atoms with Crippen LogP contribution in [0, 0.1) is 11.3 Å². The summed E-state index contributed by atoms with van der Waals surface area (Å²) in [4.78, 5) is 23.9. The quantitative estimate of drug-likeness (QED) is 0.781. The van der Waals surface area contributed by atoms with Gasteiger partial charge < -0.3 is 10.6 Å². The fraction of sp³-hybridized carbons (Fsp3) is 0.684. The number of rotatable bonds is 7. The Kier molecular flexibility index (Phi) is 6.84. The normalized spacial score (nSPS) is 21.3. The molecule has 0 atom stereocenters. The van der Waals surface area contributed by atoms with Gasteiger partial charge in [-0.25, -0.2) is 0 Å². The summed E-state index contributed by atoms with van der Waals surface area (Å²) in [7, 11) is 0. The fourth-order valence-corrected chi connectivity index (χ4v) is 4.03. The summed E-state index contributed by atoms with van der Waals surface area (Å²) in [6.07, 6.45) is 6.08. The second-order valence-corrected chi connectivity index (χ2v) is 8.26. The molecule has 1 fully saturated rings. The molecule has 0 saturated heterocycles. The monoisotopic (exact) mass is 350 g/mol. The molecule has 2 N–H and O–H groups in total. The molecule has 1 aliphatic rings. The summed E-state index contributed by atoms with van der Waals surface area (Å²) >= 11 is 1.49. The minimum absolute atomic E-state index is 0.0406. The van der Waals surface area contributed by atoms with Gasteiger partial charge in [-0.1, -0.05) is 27.2 Å². The third-order valence-electron chi connectivity index (χ3n) is 5.53. The van der Waals surface area contributed by atoms with Crippen LogP contribution in [-0.2, 0) is 4.79 Å². The highest BCUT2D eigenvalue weighted by Gasteiger charge is 2.32. The molecule has 1 heterocycles. The molecule has 0 aromatic carbocycles. The molecule has 0 spiro atoms. The number of hydrogen-bond donors (Lipinski definition) is 2. The lowest BCUT2D eigenvalue weighted by atomic mass is 9.69. The molecule has 134 valence electrons. The third-order valence-corrected chi connectivity index (χ3v) is 6.21. The Morgan fingerprint density at radius 1 is 1.25 bits per heavy atom. The van der Waals surface area contributed by atoms with E-state index in [1.54, 1.807) is 6.07 Å². The van der Waals surface area contributed by atoms with E-state index in [0.717, 1.165) is 18.8 Å². The van der Waals surface area contributed by atoms with Crippen molar-refractivity contribution >= 4 is 23.2 Å². The second kappa shape index (κ2) is 8.65. The summed E-state index contributed by atoms with van der Waals surface area (Å²) in [5.41, 5.74) is 1.07. The summed E-state index contributed by atoms with van der Waals surface area (Å²) in [6.45, 7) is 7.36. The predicted molar refractivity (Wildman–Crippen MR) is 99.2 cm³/mol. The Morgan fingerprint density at radius 3 is 2.54 bits per heavy atom. The first-order valence-corrected chi connectivity index (χ1v) is 9.96. The number of amides is 2. The van der Waals surface area contributed by atoms with Crippen LogP contribution in [0.5, 0.6) is 0 Å².